The molecule has 5 heteroatoms. The molecule has 1 amide bonds. The van der Waals surface area contributed by atoms with Crippen molar-refractivity contribution in [2.75, 3.05) is 13.1 Å². The second-order valence-corrected chi connectivity index (χ2v) is 4.32. The summed E-state index contributed by atoms with van der Waals surface area (Å²) in [5.41, 5.74) is 1.03. The topological polar surface area (TPSA) is 41.1 Å². The molecule has 2 rings (SSSR count). The SMILES string of the molecule is Cl.O=C(NCCc1ccc(F)cc1)C1CCCN1. The summed E-state index contributed by atoms with van der Waals surface area (Å²) in [6.07, 6.45) is 2.72. The second kappa shape index (κ2) is 7.34. The Kier molecular flexibility index (Phi) is 6.09. The van der Waals surface area contributed by atoms with Crippen LogP contribution in [0.25, 0.3) is 0 Å². The Morgan fingerprint density at radius 1 is 1.39 bits per heavy atom. The average Bonchev–Trinajstić information content (AvgIpc) is 2.85. The molecule has 1 atom stereocenters. The molecule has 2 N–H and O–H groups in total. The van der Waals surface area contributed by atoms with Crippen LogP contribution in [0, 0.1) is 5.82 Å². The van der Waals surface area contributed by atoms with Gasteiger partial charge in [0.25, 0.3) is 0 Å². The molecule has 3 nitrogen and oxygen atoms in total. The van der Waals surface area contributed by atoms with Gasteiger partial charge < -0.3 is 10.6 Å². The lowest BCUT2D eigenvalue weighted by atomic mass is 10.1. The van der Waals surface area contributed by atoms with Crippen LogP contribution in [-0.2, 0) is 11.2 Å². The zero-order valence-corrected chi connectivity index (χ0v) is 10.9. The van der Waals surface area contributed by atoms with Crippen LogP contribution in [0.4, 0.5) is 4.39 Å². The number of hydrogen-bond acceptors (Lipinski definition) is 2. The van der Waals surface area contributed by atoms with Gasteiger partial charge in [0.1, 0.15) is 5.82 Å². The first-order chi connectivity index (χ1) is 8.25. The predicted molar refractivity (Wildman–Crippen MR) is 71.4 cm³/mol. The molecule has 1 saturated heterocycles. The van der Waals surface area contributed by atoms with E-state index in [9.17, 15) is 9.18 Å². The molecule has 1 heterocycles. The molecule has 1 aliphatic heterocycles. The van der Waals surface area contributed by atoms with Gasteiger partial charge in [-0.15, -0.1) is 12.4 Å². The van der Waals surface area contributed by atoms with Crippen LogP contribution in [0.3, 0.4) is 0 Å². The van der Waals surface area contributed by atoms with E-state index in [1.165, 1.54) is 12.1 Å². The summed E-state index contributed by atoms with van der Waals surface area (Å²) in [4.78, 5) is 11.7. The first kappa shape index (κ1) is 14.9. The third-order valence-electron chi connectivity index (χ3n) is 3.00. The molecule has 0 spiro atoms. The first-order valence-corrected chi connectivity index (χ1v) is 6.01. The fourth-order valence-corrected chi connectivity index (χ4v) is 2.01. The molecule has 1 aromatic rings. The molecule has 0 aromatic heterocycles. The monoisotopic (exact) mass is 272 g/mol. The molecular formula is C13H18ClFN2O. The Balaban J connectivity index is 0.00000162. The molecule has 100 valence electrons. The van der Waals surface area contributed by atoms with E-state index in [1.807, 2.05) is 0 Å². The van der Waals surface area contributed by atoms with Gasteiger partial charge >= 0.3 is 0 Å². The van der Waals surface area contributed by atoms with Crippen molar-refractivity contribution in [3.05, 3.63) is 35.6 Å². The number of nitrogens with one attached hydrogen (secondary N) is 2. The van der Waals surface area contributed by atoms with Crippen molar-refractivity contribution in [2.45, 2.75) is 25.3 Å². The third-order valence-corrected chi connectivity index (χ3v) is 3.00. The van der Waals surface area contributed by atoms with Gasteiger partial charge in [-0.2, -0.15) is 0 Å². The van der Waals surface area contributed by atoms with E-state index in [4.69, 9.17) is 0 Å². The molecule has 0 aliphatic carbocycles. The van der Waals surface area contributed by atoms with Gasteiger partial charge in [-0.05, 0) is 43.5 Å². The lowest BCUT2D eigenvalue weighted by Crippen LogP contribution is -2.41. The number of halogens is 2. The summed E-state index contributed by atoms with van der Waals surface area (Å²) in [7, 11) is 0. The minimum Gasteiger partial charge on any atom is -0.354 e. The van der Waals surface area contributed by atoms with Gasteiger partial charge in [-0.25, -0.2) is 4.39 Å². The van der Waals surface area contributed by atoms with E-state index in [0.717, 1.165) is 31.4 Å². The number of hydrogen-bond donors (Lipinski definition) is 2. The maximum atomic E-state index is 12.7. The Labute approximate surface area is 113 Å². The lowest BCUT2D eigenvalue weighted by molar-refractivity contribution is -0.122. The molecule has 0 saturated carbocycles. The Bertz CT molecular complexity index is 377. The number of rotatable bonds is 4. The van der Waals surface area contributed by atoms with Gasteiger partial charge in [-0.1, -0.05) is 12.1 Å². The minimum absolute atomic E-state index is 0. The minimum atomic E-state index is -0.229. The van der Waals surface area contributed by atoms with Gasteiger partial charge in [0.05, 0.1) is 6.04 Å². The highest BCUT2D eigenvalue weighted by Gasteiger charge is 2.20. The van der Waals surface area contributed by atoms with Crippen molar-refractivity contribution in [1.29, 1.82) is 0 Å². The van der Waals surface area contributed by atoms with Crippen molar-refractivity contribution in [2.24, 2.45) is 0 Å². The number of benzene rings is 1. The average molecular weight is 273 g/mol. The van der Waals surface area contributed by atoms with Crippen molar-refractivity contribution < 1.29 is 9.18 Å². The van der Waals surface area contributed by atoms with E-state index < -0.39 is 0 Å². The summed E-state index contributed by atoms with van der Waals surface area (Å²) in [6, 6.07) is 6.35. The maximum absolute atomic E-state index is 12.7. The highest BCUT2D eigenvalue weighted by Crippen LogP contribution is 2.05. The van der Waals surface area contributed by atoms with Crippen molar-refractivity contribution in [1.82, 2.24) is 10.6 Å². The Hall–Kier alpha value is -1.13. The van der Waals surface area contributed by atoms with Crippen LogP contribution in [0.1, 0.15) is 18.4 Å². The van der Waals surface area contributed by atoms with Gasteiger partial charge in [0.15, 0.2) is 0 Å². The zero-order valence-electron chi connectivity index (χ0n) is 10.1. The molecule has 18 heavy (non-hydrogen) atoms. The zero-order chi connectivity index (χ0) is 12.1. The predicted octanol–water partition coefficient (Wildman–Crippen LogP) is 1.66. The van der Waals surface area contributed by atoms with Crippen molar-refractivity contribution in [3.63, 3.8) is 0 Å². The van der Waals surface area contributed by atoms with Gasteiger partial charge in [-0.3, -0.25) is 4.79 Å². The number of carbonyl (C=O) groups is 1. The summed E-state index contributed by atoms with van der Waals surface area (Å²) in [5, 5.41) is 6.04. The standard InChI is InChI=1S/C13H17FN2O.ClH/c14-11-5-3-10(4-6-11)7-9-16-13(17)12-2-1-8-15-12;/h3-6,12,15H,1-2,7-9H2,(H,16,17);1H. The normalized spacial score (nSPS) is 18.2. The van der Waals surface area contributed by atoms with E-state index >= 15 is 0 Å². The molecular weight excluding hydrogens is 255 g/mol. The number of amides is 1. The Morgan fingerprint density at radius 2 is 2.11 bits per heavy atom. The lowest BCUT2D eigenvalue weighted by Gasteiger charge is -2.10. The summed E-state index contributed by atoms with van der Waals surface area (Å²) in [6.45, 7) is 1.53. The van der Waals surface area contributed by atoms with Crippen LogP contribution in [-0.4, -0.2) is 25.0 Å². The van der Waals surface area contributed by atoms with Crippen molar-refractivity contribution in [3.8, 4) is 0 Å². The van der Waals surface area contributed by atoms with E-state index in [2.05, 4.69) is 10.6 Å². The van der Waals surface area contributed by atoms with Crippen LogP contribution in [0.2, 0.25) is 0 Å². The van der Waals surface area contributed by atoms with E-state index in [-0.39, 0.29) is 30.2 Å². The second-order valence-electron chi connectivity index (χ2n) is 4.32. The van der Waals surface area contributed by atoms with Crippen LogP contribution < -0.4 is 10.6 Å². The molecule has 0 radical (unpaired) electrons. The summed E-state index contributed by atoms with van der Waals surface area (Å²) >= 11 is 0. The Morgan fingerprint density at radius 3 is 2.72 bits per heavy atom. The van der Waals surface area contributed by atoms with Crippen LogP contribution in [0.15, 0.2) is 24.3 Å². The molecule has 1 unspecified atom stereocenters. The van der Waals surface area contributed by atoms with Gasteiger partial charge in [0, 0.05) is 6.54 Å². The summed E-state index contributed by atoms with van der Waals surface area (Å²) < 4.78 is 12.7. The van der Waals surface area contributed by atoms with Gasteiger partial charge in [0.2, 0.25) is 5.91 Å². The summed E-state index contributed by atoms with van der Waals surface area (Å²) in [5.74, 6) is -0.155. The quantitative estimate of drug-likeness (QED) is 0.875. The molecule has 1 fully saturated rings. The van der Waals surface area contributed by atoms with E-state index in [1.54, 1.807) is 12.1 Å². The largest absolute Gasteiger partial charge is 0.354 e. The highest BCUT2D eigenvalue weighted by molar-refractivity contribution is 5.85. The van der Waals surface area contributed by atoms with E-state index in [0.29, 0.717) is 6.54 Å². The number of carbonyl (C=O) groups excluding carboxylic acids is 1. The maximum Gasteiger partial charge on any atom is 0.237 e. The van der Waals surface area contributed by atoms with Crippen LogP contribution in [0.5, 0.6) is 0 Å². The fraction of sp³-hybridized carbons (Fsp3) is 0.462. The smallest absolute Gasteiger partial charge is 0.237 e. The molecule has 1 aromatic carbocycles. The van der Waals surface area contributed by atoms with Crippen molar-refractivity contribution >= 4 is 18.3 Å². The van der Waals surface area contributed by atoms with Crippen LogP contribution >= 0.6 is 12.4 Å². The fourth-order valence-electron chi connectivity index (χ4n) is 2.01. The molecule has 1 aliphatic rings. The highest BCUT2D eigenvalue weighted by atomic mass is 35.5. The third kappa shape index (κ3) is 4.27. The first-order valence-electron chi connectivity index (χ1n) is 6.01. The molecule has 0 bridgehead atoms.